The molecule has 0 aliphatic carbocycles. The van der Waals surface area contributed by atoms with Gasteiger partial charge in [0.1, 0.15) is 0 Å². The van der Waals surface area contributed by atoms with E-state index in [1.165, 1.54) is 0 Å². The zero-order valence-corrected chi connectivity index (χ0v) is 10.6. The molecule has 0 aromatic heterocycles. The molecule has 1 amide bonds. The van der Waals surface area contributed by atoms with Gasteiger partial charge in [0.05, 0.1) is 5.41 Å². The molecule has 0 radical (unpaired) electrons. The van der Waals surface area contributed by atoms with Gasteiger partial charge in [-0.2, -0.15) is 0 Å². The number of hydrogen-bond donors (Lipinski definition) is 1. The summed E-state index contributed by atoms with van der Waals surface area (Å²) in [4.78, 5) is 11.7. The second kappa shape index (κ2) is 5.59. The number of carbonyl (C=O) groups is 1. The van der Waals surface area contributed by atoms with Crippen molar-refractivity contribution in [3.8, 4) is 0 Å². The van der Waals surface area contributed by atoms with Crippen LogP contribution in [0, 0.1) is 11.3 Å². The van der Waals surface area contributed by atoms with Crippen LogP contribution in [0.25, 0.3) is 0 Å². The number of alkyl halides is 1. The van der Waals surface area contributed by atoms with Crippen LogP contribution in [0.15, 0.2) is 0 Å². The third kappa shape index (κ3) is 4.85. The summed E-state index contributed by atoms with van der Waals surface area (Å²) in [5.74, 6) is 0.998. The van der Waals surface area contributed by atoms with E-state index in [1.807, 2.05) is 20.8 Å². The van der Waals surface area contributed by atoms with E-state index < -0.39 is 5.41 Å². The number of nitrogens with one attached hydrogen (secondary N) is 1. The van der Waals surface area contributed by atoms with Crippen LogP contribution >= 0.6 is 11.6 Å². The number of rotatable bonds is 5. The van der Waals surface area contributed by atoms with E-state index in [0.717, 1.165) is 6.42 Å². The standard InChI is InChI=1S/C11H22ClNO/c1-8(2)6-9(3)13-10(14)11(4,5)7-12/h8-9H,6-7H2,1-5H3,(H,13,14). The van der Waals surface area contributed by atoms with Gasteiger partial charge in [-0.1, -0.05) is 13.8 Å². The molecule has 0 aliphatic rings. The molecule has 84 valence electrons. The maximum absolute atomic E-state index is 11.7. The number of halogens is 1. The summed E-state index contributed by atoms with van der Waals surface area (Å²) in [5, 5.41) is 2.98. The molecular weight excluding hydrogens is 198 g/mol. The average Bonchev–Trinajstić information content (AvgIpc) is 2.02. The lowest BCUT2D eigenvalue weighted by Gasteiger charge is -2.24. The Morgan fingerprint density at radius 3 is 2.21 bits per heavy atom. The highest BCUT2D eigenvalue weighted by Gasteiger charge is 2.27. The molecule has 0 heterocycles. The SMILES string of the molecule is CC(C)CC(C)NC(=O)C(C)(C)CCl. The van der Waals surface area contributed by atoms with Crippen LogP contribution in [0.1, 0.15) is 41.0 Å². The molecule has 0 saturated heterocycles. The maximum Gasteiger partial charge on any atom is 0.227 e. The lowest BCUT2D eigenvalue weighted by molar-refractivity contribution is -0.129. The minimum atomic E-state index is -0.465. The molecule has 0 bridgehead atoms. The summed E-state index contributed by atoms with van der Waals surface area (Å²) >= 11 is 5.72. The molecule has 0 aliphatic heterocycles. The van der Waals surface area contributed by atoms with Crippen molar-refractivity contribution in [2.45, 2.75) is 47.1 Å². The summed E-state index contributed by atoms with van der Waals surface area (Å²) in [6.45, 7) is 10.0. The second-order valence-electron chi connectivity index (χ2n) is 5.02. The Labute approximate surface area is 92.4 Å². The fraction of sp³-hybridized carbons (Fsp3) is 0.909. The van der Waals surface area contributed by atoms with E-state index in [0.29, 0.717) is 11.8 Å². The fourth-order valence-corrected chi connectivity index (χ4v) is 1.37. The molecule has 1 N–H and O–H groups in total. The molecule has 3 heteroatoms. The quantitative estimate of drug-likeness (QED) is 0.708. The molecule has 0 rings (SSSR count). The topological polar surface area (TPSA) is 29.1 Å². The van der Waals surface area contributed by atoms with Crippen molar-refractivity contribution < 1.29 is 4.79 Å². The Morgan fingerprint density at radius 2 is 1.86 bits per heavy atom. The van der Waals surface area contributed by atoms with Gasteiger partial charge in [0.15, 0.2) is 0 Å². The van der Waals surface area contributed by atoms with Gasteiger partial charge in [0, 0.05) is 11.9 Å². The maximum atomic E-state index is 11.7. The molecule has 1 atom stereocenters. The van der Waals surface area contributed by atoms with Gasteiger partial charge < -0.3 is 5.32 Å². The van der Waals surface area contributed by atoms with Gasteiger partial charge in [0.25, 0.3) is 0 Å². The molecule has 0 aromatic carbocycles. The number of carbonyl (C=O) groups excluding carboxylic acids is 1. The average molecular weight is 220 g/mol. The van der Waals surface area contributed by atoms with Crippen LogP contribution in [0.2, 0.25) is 0 Å². The first-order valence-electron chi connectivity index (χ1n) is 5.16. The molecular formula is C11H22ClNO. The molecule has 0 fully saturated rings. The second-order valence-corrected chi connectivity index (χ2v) is 5.29. The third-order valence-electron chi connectivity index (χ3n) is 2.15. The molecule has 0 saturated carbocycles. The highest BCUT2D eigenvalue weighted by Crippen LogP contribution is 2.17. The van der Waals surface area contributed by atoms with Crippen LogP contribution in [0.3, 0.4) is 0 Å². The van der Waals surface area contributed by atoms with E-state index in [4.69, 9.17) is 11.6 Å². The zero-order chi connectivity index (χ0) is 11.4. The number of hydrogen-bond acceptors (Lipinski definition) is 1. The Balaban J connectivity index is 4.06. The molecule has 1 unspecified atom stereocenters. The van der Waals surface area contributed by atoms with Crippen LogP contribution in [0.4, 0.5) is 0 Å². The lowest BCUT2D eigenvalue weighted by atomic mass is 9.94. The van der Waals surface area contributed by atoms with Crippen molar-refractivity contribution in [3.05, 3.63) is 0 Å². The van der Waals surface area contributed by atoms with Gasteiger partial charge in [-0.3, -0.25) is 4.79 Å². The van der Waals surface area contributed by atoms with Gasteiger partial charge >= 0.3 is 0 Å². The van der Waals surface area contributed by atoms with Crippen molar-refractivity contribution in [2.24, 2.45) is 11.3 Å². The summed E-state index contributed by atoms with van der Waals surface area (Å²) in [5.41, 5.74) is -0.465. The Hall–Kier alpha value is -0.240. The minimum Gasteiger partial charge on any atom is -0.353 e. The normalized spacial score (nSPS) is 14.2. The van der Waals surface area contributed by atoms with Crippen molar-refractivity contribution in [3.63, 3.8) is 0 Å². The van der Waals surface area contributed by atoms with Crippen LogP contribution < -0.4 is 5.32 Å². The Bertz CT molecular complexity index is 190. The van der Waals surface area contributed by atoms with Crippen molar-refractivity contribution >= 4 is 17.5 Å². The third-order valence-corrected chi connectivity index (χ3v) is 2.82. The highest BCUT2D eigenvalue weighted by atomic mass is 35.5. The molecule has 14 heavy (non-hydrogen) atoms. The molecule has 0 aromatic rings. The van der Waals surface area contributed by atoms with E-state index >= 15 is 0 Å². The van der Waals surface area contributed by atoms with Crippen molar-refractivity contribution in [1.82, 2.24) is 5.32 Å². The predicted molar refractivity (Wildman–Crippen MR) is 61.6 cm³/mol. The summed E-state index contributed by atoms with van der Waals surface area (Å²) < 4.78 is 0. The first-order chi connectivity index (χ1) is 6.29. The fourth-order valence-electron chi connectivity index (χ4n) is 1.25. The summed E-state index contributed by atoms with van der Waals surface area (Å²) in [6.07, 6.45) is 1.00. The first-order valence-corrected chi connectivity index (χ1v) is 5.70. The van der Waals surface area contributed by atoms with Crippen LogP contribution in [-0.2, 0) is 4.79 Å². The minimum absolute atomic E-state index is 0.0423. The smallest absolute Gasteiger partial charge is 0.227 e. The van der Waals surface area contributed by atoms with Gasteiger partial charge in [-0.15, -0.1) is 11.6 Å². The van der Waals surface area contributed by atoms with Gasteiger partial charge in [-0.25, -0.2) is 0 Å². The predicted octanol–water partition coefficient (Wildman–Crippen LogP) is 2.80. The highest BCUT2D eigenvalue weighted by molar-refractivity contribution is 6.19. The van der Waals surface area contributed by atoms with E-state index in [-0.39, 0.29) is 11.9 Å². The van der Waals surface area contributed by atoms with Gasteiger partial charge in [-0.05, 0) is 33.1 Å². The van der Waals surface area contributed by atoms with Crippen molar-refractivity contribution in [2.75, 3.05) is 5.88 Å². The first kappa shape index (κ1) is 13.8. The van der Waals surface area contributed by atoms with Gasteiger partial charge in [0.2, 0.25) is 5.91 Å². The lowest BCUT2D eigenvalue weighted by Crippen LogP contribution is -2.43. The Morgan fingerprint density at radius 1 is 1.36 bits per heavy atom. The Kier molecular flexibility index (Phi) is 5.50. The van der Waals surface area contributed by atoms with Crippen molar-refractivity contribution in [1.29, 1.82) is 0 Å². The zero-order valence-electron chi connectivity index (χ0n) is 9.86. The van der Waals surface area contributed by atoms with E-state index in [9.17, 15) is 4.79 Å². The summed E-state index contributed by atoms with van der Waals surface area (Å²) in [6, 6.07) is 0.227. The van der Waals surface area contributed by atoms with E-state index in [2.05, 4.69) is 19.2 Å². The largest absolute Gasteiger partial charge is 0.353 e. The monoisotopic (exact) mass is 219 g/mol. The summed E-state index contributed by atoms with van der Waals surface area (Å²) in [7, 11) is 0. The molecule has 2 nitrogen and oxygen atoms in total. The molecule has 0 spiro atoms. The van der Waals surface area contributed by atoms with Crippen LogP contribution in [-0.4, -0.2) is 17.8 Å². The van der Waals surface area contributed by atoms with Crippen LogP contribution in [0.5, 0.6) is 0 Å². The van der Waals surface area contributed by atoms with E-state index in [1.54, 1.807) is 0 Å². The number of amides is 1.